The van der Waals surface area contributed by atoms with Crippen LogP contribution in [0.15, 0.2) is 12.2 Å². The smallest absolute Gasteiger partial charge is 0.305 e. The maximum atomic E-state index is 11.9. The van der Waals surface area contributed by atoms with Crippen molar-refractivity contribution in [2.45, 2.75) is 220 Å². The molecule has 0 radical (unpaired) electrons. The van der Waals surface area contributed by atoms with Gasteiger partial charge >= 0.3 is 5.97 Å². The highest BCUT2D eigenvalue weighted by Crippen LogP contribution is 2.17. The zero-order chi connectivity index (χ0) is 29.9. The van der Waals surface area contributed by atoms with E-state index in [0.29, 0.717) is 13.0 Å². The molecule has 1 atom stereocenters. The second-order valence-electron chi connectivity index (χ2n) is 13.2. The van der Waals surface area contributed by atoms with Gasteiger partial charge in [0.25, 0.3) is 0 Å². The molecule has 0 amide bonds. The fourth-order valence-corrected chi connectivity index (χ4v) is 5.68. The van der Waals surface area contributed by atoms with Gasteiger partial charge in [0.05, 0.1) is 6.61 Å². The van der Waals surface area contributed by atoms with E-state index in [2.05, 4.69) is 32.9 Å². The molecule has 0 saturated carbocycles. The molecule has 0 aliphatic carbocycles. The average molecular weight is 577 g/mol. The lowest BCUT2D eigenvalue weighted by Crippen LogP contribution is -2.05. The summed E-state index contributed by atoms with van der Waals surface area (Å²) in [6, 6.07) is 0. The quantitative estimate of drug-likeness (QED) is 0.0432. The summed E-state index contributed by atoms with van der Waals surface area (Å²) in [5.41, 5.74) is 0. The van der Waals surface area contributed by atoms with E-state index in [1.807, 2.05) is 0 Å². The van der Waals surface area contributed by atoms with Crippen LogP contribution < -0.4 is 0 Å². The molecule has 244 valence electrons. The number of hydrogen-bond acceptors (Lipinski definition) is 2. The van der Waals surface area contributed by atoms with Crippen LogP contribution in [-0.4, -0.2) is 12.6 Å². The SMILES string of the molecule is CCCC/C=C\CCCCCCCC(=O)OCCCCCCCCCCCCCCCCCCCCCC(C)CC. The van der Waals surface area contributed by atoms with Crippen molar-refractivity contribution in [3.63, 3.8) is 0 Å². The lowest BCUT2D eigenvalue weighted by atomic mass is 9.99. The Balaban J connectivity index is 3.16. The van der Waals surface area contributed by atoms with E-state index >= 15 is 0 Å². The molecule has 0 rings (SSSR count). The van der Waals surface area contributed by atoms with Crippen LogP contribution in [0.2, 0.25) is 0 Å². The molecule has 0 aliphatic heterocycles. The third-order valence-electron chi connectivity index (χ3n) is 8.94. The molecule has 0 aromatic rings. The van der Waals surface area contributed by atoms with Crippen LogP contribution in [0.25, 0.3) is 0 Å². The van der Waals surface area contributed by atoms with Gasteiger partial charge in [-0.2, -0.15) is 0 Å². The number of rotatable bonds is 34. The molecule has 0 fully saturated rings. The van der Waals surface area contributed by atoms with Crippen molar-refractivity contribution in [1.29, 1.82) is 0 Å². The average Bonchev–Trinajstić information content (AvgIpc) is 2.98. The van der Waals surface area contributed by atoms with Gasteiger partial charge in [0.15, 0.2) is 0 Å². The minimum Gasteiger partial charge on any atom is -0.466 e. The number of unbranched alkanes of at least 4 members (excludes halogenated alkanes) is 25. The van der Waals surface area contributed by atoms with E-state index in [1.54, 1.807) is 0 Å². The third-order valence-corrected chi connectivity index (χ3v) is 8.94. The number of hydrogen-bond donors (Lipinski definition) is 0. The van der Waals surface area contributed by atoms with E-state index in [4.69, 9.17) is 4.74 Å². The van der Waals surface area contributed by atoms with Gasteiger partial charge in [0.2, 0.25) is 0 Å². The summed E-state index contributed by atoms with van der Waals surface area (Å²) in [5, 5.41) is 0. The van der Waals surface area contributed by atoms with Gasteiger partial charge in [0, 0.05) is 6.42 Å². The molecule has 0 spiro atoms. The third kappa shape index (κ3) is 35.3. The summed E-state index contributed by atoms with van der Waals surface area (Å²) >= 11 is 0. The standard InChI is InChI=1S/C39H76O2/c1-4-6-7-8-9-10-20-24-27-30-33-36-39(40)41-37-34-31-28-25-22-19-17-15-13-11-12-14-16-18-21-23-26-29-32-35-38(3)5-2/h8-9,38H,4-7,10-37H2,1-3H3/b9-8-. The molecule has 0 N–H and O–H groups in total. The molecule has 0 heterocycles. The number of ether oxygens (including phenoxy) is 1. The fraction of sp³-hybridized carbons (Fsp3) is 0.923. The molecule has 41 heavy (non-hydrogen) atoms. The highest BCUT2D eigenvalue weighted by Gasteiger charge is 2.03. The van der Waals surface area contributed by atoms with E-state index in [9.17, 15) is 4.79 Å². The Morgan fingerprint density at radius 2 is 0.902 bits per heavy atom. The summed E-state index contributed by atoms with van der Waals surface area (Å²) in [4.78, 5) is 11.9. The Morgan fingerprint density at radius 1 is 0.512 bits per heavy atom. The topological polar surface area (TPSA) is 26.3 Å². The molecular weight excluding hydrogens is 500 g/mol. The second-order valence-corrected chi connectivity index (χ2v) is 13.2. The van der Waals surface area contributed by atoms with Crippen molar-refractivity contribution in [3.05, 3.63) is 12.2 Å². The Bertz CT molecular complexity index is 526. The van der Waals surface area contributed by atoms with Crippen LogP contribution >= 0.6 is 0 Å². The zero-order valence-electron chi connectivity index (χ0n) is 28.7. The number of allylic oxidation sites excluding steroid dienone is 2. The van der Waals surface area contributed by atoms with E-state index in [-0.39, 0.29) is 5.97 Å². The maximum absolute atomic E-state index is 11.9. The van der Waals surface area contributed by atoms with Crippen molar-refractivity contribution in [1.82, 2.24) is 0 Å². The Labute approximate surface area is 259 Å². The maximum Gasteiger partial charge on any atom is 0.305 e. The Hall–Kier alpha value is -0.790. The van der Waals surface area contributed by atoms with Crippen molar-refractivity contribution < 1.29 is 9.53 Å². The van der Waals surface area contributed by atoms with Gasteiger partial charge in [-0.05, 0) is 38.0 Å². The minimum absolute atomic E-state index is 0.0158. The number of carbonyl (C=O) groups is 1. The largest absolute Gasteiger partial charge is 0.466 e. The summed E-state index contributed by atoms with van der Waals surface area (Å²) < 4.78 is 5.43. The predicted octanol–water partition coefficient (Wildman–Crippen LogP) is 13.9. The first-order chi connectivity index (χ1) is 20.2. The molecule has 0 saturated heterocycles. The first-order valence-electron chi connectivity index (χ1n) is 19.0. The van der Waals surface area contributed by atoms with Gasteiger partial charge in [-0.3, -0.25) is 4.79 Å². The predicted molar refractivity (Wildman–Crippen MR) is 184 cm³/mol. The summed E-state index contributed by atoms with van der Waals surface area (Å²) in [5.74, 6) is 0.949. The van der Waals surface area contributed by atoms with Crippen LogP contribution in [0.5, 0.6) is 0 Å². The molecule has 0 bridgehead atoms. The van der Waals surface area contributed by atoms with Crippen molar-refractivity contribution in [2.24, 2.45) is 5.92 Å². The first kappa shape index (κ1) is 40.2. The molecule has 0 aliphatic rings. The second kappa shape index (κ2) is 35.4. The van der Waals surface area contributed by atoms with Gasteiger partial charge in [-0.25, -0.2) is 0 Å². The fourth-order valence-electron chi connectivity index (χ4n) is 5.68. The van der Waals surface area contributed by atoms with Gasteiger partial charge < -0.3 is 4.74 Å². The highest BCUT2D eigenvalue weighted by molar-refractivity contribution is 5.69. The van der Waals surface area contributed by atoms with Crippen LogP contribution in [0.4, 0.5) is 0 Å². The van der Waals surface area contributed by atoms with Crippen LogP contribution in [0.1, 0.15) is 220 Å². The minimum atomic E-state index is 0.0158. The lowest BCUT2D eigenvalue weighted by molar-refractivity contribution is -0.143. The summed E-state index contributed by atoms with van der Waals surface area (Å²) in [6.45, 7) is 7.58. The van der Waals surface area contributed by atoms with Crippen LogP contribution in [0, 0.1) is 5.92 Å². The summed E-state index contributed by atoms with van der Waals surface area (Å²) in [6.07, 6.45) is 45.6. The molecule has 1 unspecified atom stereocenters. The first-order valence-corrected chi connectivity index (χ1v) is 19.0. The van der Waals surface area contributed by atoms with Crippen LogP contribution in [-0.2, 0) is 9.53 Å². The van der Waals surface area contributed by atoms with Crippen molar-refractivity contribution >= 4 is 5.97 Å². The molecule has 2 heteroatoms. The number of esters is 1. The zero-order valence-corrected chi connectivity index (χ0v) is 28.7. The molecule has 0 aromatic heterocycles. The lowest BCUT2D eigenvalue weighted by Gasteiger charge is -2.07. The number of carbonyl (C=O) groups excluding carboxylic acids is 1. The highest BCUT2D eigenvalue weighted by atomic mass is 16.5. The molecular formula is C39H76O2. The van der Waals surface area contributed by atoms with E-state index in [1.165, 1.54) is 173 Å². The van der Waals surface area contributed by atoms with E-state index in [0.717, 1.165) is 25.2 Å². The molecule has 0 aromatic carbocycles. The monoisotopic (exact) mass is 577 g/mol. The van der Waals surface area contributed by atoms with Gasteiger partial charge in [-0.15, -0.1) is 0 Å². The molecule has 2 nitrogen and oxygen atoms in total. The summed E-state index contributed by atoms with van der Waals surface area (Å²) in [7, 11) is 0. The van der Waals surface area contributed by atoms with Crippen LogP contribution in [0.3, 0.4) is 0 Å². The normalized spacial score (nSPS) is 12.4. The Morgan fingerprint density at radius 3 is 1.37 bits per heavy atom. The van der Waals surface area contributed by atoms with Crippen molar-refractivity contribution in [2.75, 3.05) is 6.61 Å². The van der Waals surface area contributed by atoms with Gasteiger partial charge in [-0.1, -0.05) is 193 Å². The van der Waals surface area contributed by atoms with Crippen molar-refractivity contribution in [3.8, 4) is 0 Å². The van der Waals surface area contributed by atoms with E-state index < -0.39 is 0 Å². The van der Waals surface area contributed by atoms with Gasteiger partial charge in [0.1, 0.15) is 0 Å². The Kier molecular flexibility index (Phi) is 34.7.